The van der Waals surface area contributed by atoms with Crippen LogP contribution >= 0.6 is 11.3 Å². The molecule has 0 spiro atoms. The quantitative estimate of drug-likeness (QED) is 0.533. The first-order chi connectivity index (χ1) is 7.81. The van der Waals surface area contributed by atoms with Gasteiger partial charge in [-0.3, -0.25) is 10.3 Å². The van der Waals surface area contributed by atoms with Gasteiger partial charge in [-0.2, -0.15) is 0 Å². The summed E-state index contributed by atoms with van der Waals surface area (Å²) in [4.78, 5) is 7.73. The number of rotatable bonds is 4. The van der Waals surface area contributed by atoms with Crippen LogP contribution in [0.5, 0.6) is 0 Å². The van der Waals surface area contributed by atoms with Gasteiger partial charge in [-0.05, 0) is 25.3 Å². The molecule has 6 heteroatoms. The highest BCUT2D eigenvalue weighted by atomic mass is 32.1. The lowest BCUT2D eigenvalue weighted by Crippen LogP contribution is -2.36. The molecular weight excluding hydrogens is 224 g/mol. The van der Waals surface area contributed by atoms with Gasteiger partial charge >= 0.3 is 0 Å². The molecule has 1 aromatic rings. The smallest absolute Gasteiger partial charge is 0.197 e. The molecule has 0 bridgehead atoms. The molecule has 1 atom stereocenters. The van der Waals surface area contributed by atoms with Gasteiger partial charge in [0.05, 0.1) is 0 Å². The first-order valence-corrected chi connectivity index (χ1v) is 6.38. The third kappa shape index (κ3) is 2.91. The number of nitrogens with zero attached hydrogens (tertiary/aromatic N) is 2. The zero-order chi connectivity index (χ0) is 11.4. The summed E-state index contributed by atoms with van der Waals surface area (Å²) < 4.78 is 0. The Morgan fingerprint density at radius 2 is 2.56 bits per heavy atom. The lowest BCUT2D eigenvalue weighted by atomic mass is 9.99. The number of aromatic nitrogens is 1. The highest BCUT2D eigenvalue weighted by molar-refractivity contribution is 7.15. The number of thiazole rings is 1. The van der Waals surface area contributed by atoms with E-state index >= 15 is 0 Å². The Bertz CT molecular complexity index is 330. The molecule has 0 saturated carbocycles. The van der Waals surface area contributed by atoms with Gasteiger partial charge in [0.25, 0.3) is 0 Å². The molecule has 0 amide bonds. The van der Waals surface area contributed by atoms with Crippen LogP contribution in [0.15, 0.2) is 6.20 Å². The number of piperidine rings is 1. The van der Waals surface area contributed by atoms with Crippen LogP contribution in [0.3, 0.4) is 0 Å². The zero-order valence-corrected chi connectivity index (χ0v) is 10.0. The van der Waals surface area contributed by atoms with Crippen LogP contribution in [0.1, 0.15) is 17.7 Å². The first kappa shape index (κ1) is 11.8. The number of aliphatic hydroxyl groups excluding tert-OH is 1. The molecule has 1 aliphatic heterocycles. The molecule has 4 N–H and O–H groups in total. The highest BCUT2D eigenvalue weighted by Crippen LogP contribution is 2.22. The third-order valence-electron chi connectivity index (χ3n) is 2.92. The number of nitrogen functional groups attached to an aromatic ring is 1. The van der Waals surface area contributed by atoms with E-state index in [1.165, 1.54) is 11.3 Å². The van der Waals surface area contributed by atoms with Crippen molar-refractivity contribution < 1.29 is 5.11 Å². The standard InChI is InChI=1S/C10H18N4OS/c11-13-10-12-4-9(16-10)6-14-3-1-2-8(5-14)7-15/h4,8,15H,1-3,5-7,11H2,(H,12,13). The summed E-state index contributed by atoms with van der Waals surface area (Å²) >= 11 is 1.58. The summed E-state index contributed by atoms with van der Waals surface area (Å²) in [5.41, 5.74) is 2.55. The number of hydrogen-bond donors (Lipinski definition) is 3. The molecule has 2 rings (SSSR count). The van der Waals surface area contributed by atoms with Gasteiger partial charge in [0.2, 0.25) is 0 Å². The lowest BCUT2D eigenvalue weighted by molar-refractivity contribution is 0.116. The highest BCUT2D eigenvalue weighted by Gasteiger charge is 2.19. The number of aliphatic hydroxyl groups is 1. The van der Waals surface area contributed by atoms with Crippen LogP contribution in [-0.4, -0.2) is 34.7 Å². The van der Waals surface area contributed by atoms with Gasteiger partial charge in [0, 0.05) is 30.8 Å². The van der Waals surface area contributed by atoms with E-state index in [-0.39, 0.29) is 0 Å². The Morgan fingerprint density at radius 1 is 1.69 bits per heavy atom. The Hall–Kier alpha value is -0.690. The van der Waals surface area contributed by atoms with Crippen LogP contribution in [0.25, 0.3) is 0 Å². The summed E-state index contributed by atoms with van der Waals surface area (Å²) in [6, 6.07) is 0. The fraction of sp³-hybridized carbons (Fsp3) is 0.700. The maximum Gasteiger partial charge on any atom is 0.197 e. The van der Waals surface area contributed by atoms with Gasteiger partial charge in [-0.1, -0.05) is 11.3 Å². The Morgan fingerprint density at radius 3 is 3.25 bits per heavy atom. The van der Waals surface area contributed by atoms with Gasteiger partial charge in [0.1, 0.15) is 0 Å². The predicted octanol–water partition coefficient (Wildman–Crippen LogP) is 0.633. The summed E-state index contributed by atoms with van der Waals surface area (Å²) in [6.45, 7) is 3.31. The fourth-order valence-electron chi connectivity index (χ4n) is 2.11. The summed E-state index contributed by atoms with van der Waals surface area (Å²) in [6.07, 6.45) is 4.18. The minimum Gasteiger partial charge on any atom is -0.396 e. The van der Waals surface area contributed by atoms with Gasteiger partial charge < -0.3 is 5.11 Å². The second kappa shape index (κ2) is 5.58. The Kier molecular flexibility index (Phi) is 4.11. The normalized spacial score (nSPS) is 22.2. The molecule has 2 heterocycles. The molecule has 16 heavy (non-hydrogen) atoms. The van der Waals surface area contributed by atoms with Crippen molar-refractivity contribution in [1.29, 1.82) is 0 Å². The van der Waals surface area contributed by atoms with Crippen molar-refractivity contribution in [3.63, 3.8) is 0 Å². The van der Waals surface area contributed by atoms with Crippen LogP contribution in [0.4, 0.5) is 5.13 Å². The topological polar surface area (TPSA) is 74.4 Å². The maximum atomic E-state index is 9.15. The van der Waals surface area contributed by atoms with E-state index in [1.54, 1.807) is 11.3 Å². The largest absolute Gasteiger partial charge is 0.396 e. The molecule has 0 aromatic carbocycles. The second-order valence-corrected chi connectivity index (χ2v) is 5.32. The van der Waals surface area contributed by atoms with Gasteiger partial charge in [-0.15, -0.1) is 0 Å². The number of hydrogen-bond acceptors (Lipinski definition) is 6. The lowest BCUT2D eigenvalue weighted by Gasteiger charge is -2.31. The number of nitrogens with one attached hydrogen (secondary N) is 1. The number of hydrazine groups is 1. The van der Waals surface area contributed by atoms with E-state index in [1.807, 2.05) is 6.20 Å². The minimum atomic E-state index is 0.300. The third-order valence-corrected chi connectivity index (χ3v) is 3.83. The molecule has 1 fully saturated rings. The van der Waals surface area contributed by atoms with Crippen molar-refractivity contribution in [1.82, 2.24) is 9.88 Å². The van der Waals surface area contributed by atoms with Crippen molar-refractivity contribution in [2.75, 3.05) is 25.1 Å². The number of nitrogens with two attached hydrogens (primary N) is 1. The van der Waals surface area contributed by atoms with Gasteiger partial charge in [-0.25, -0.2) is 10.8 Å². The van der Waals surface area contributed by atoms with E-state index in [2.05, 4.69) is 15.3 Å². The molecule has 0 radical (unpaired) electrons. The van der Waals surface area contributed by atoms with E-state index < -0.39 is 0 Å². The first-order valence-electron chi connectivity index (χ1n) is 5.56. The van der Waals surface area contributed by atoms with Gasteiger partial charge in [0.15, 0.2) is 5.13 Å². The molecule has 0 aliphatic carbocycles. The van der Waals surface area contributed by atoms with Crippen LogP contribution < -0.4 is 11.3 Å². The van der Waals surface area contributed by atoms with Crippen LogP contribution in [0.2, 0.25) is 0 Å². The average Bonchev–Trinajstić information content (AvgIpc) is 2.77. The van der Waals surface area contributed by atoms with Crippen molar-refractivity contribution in [3.8, 4) is 0 Å². The van der Waals surface area contributed by atoms with E-state index in [0.29, 0.717) is 12.5 Å². The minimum absolute atomic E-state index is 0.300. The fourth-order valence-corrected chi connectivity index (χ4v) is 2.88. The average molecular weight is 242 g/mol. The number of anilines is 1. The van der Waals surface area contributed by atoms with E-state index in [4.69, 9.17) is 10.9 Å². The van der Waals surface area contributed by atoms with E-state index in [0.717, 1.165) is 31.2 Å². The second-order valence-electron chi connectivity index (χ2n) is 4.20. The summed E-state index contributed by atoms with van der Waals surface area (Å²) in [5, 5.41) is 9.91. The molecule has 1 aliphatic rings. The predicted molar refractivity (Wildman–Crippen MR) is 65.0 cm³/mol. The van der Waals surface area contributed by atoms with Crippen LogP contribution in [-0.2, 0) is 6.54 Å². The molecule has 1 saturated heterocycles. The molecule has 90 valence electrons. The molecule has 1 unspecified atom stereocenters. The van der Waals surface area contributed by atoms with Crippen LogP contribution in [0, 0.1) is 5.92 Å². The number of likely N-dealkylation sites (tertiary alicyclic amines) is 1. The molecule has 5 nitrogen and oxygen atoms in total. The summed E-state index contributed by atoms with van der Waals surface area (Å²) in [7, 11) is 0. The monoisotopic (exact) mass is 242 g/mol. The molecular formula is C10H18N4OS. The van der Waals surface area contributed by atoms with E-state index in [9.17, 15) is 0 Å². The SMILES string of the molecule is NNc1ncc(CN2CCCC(CO)C2)s1. The Balaban J connectivity index is 1.88. The maximum absolute atomic E-state index is 9.15. The van der Waals surface area contributed by atoms with Crippen molar-refractivity contribution in [3.05, 3.63) is 11.1 Å². The zero-order valence-electron chi connectivity index (χ0n) is 9.22. The Labute approximate surface area is 99.3 Å². The van der Waals surface area contributed by atoms with Crippen molar-refractivity contribution in [2.24, 2.45) is 11.8 Å². The van der Waals surface area contributed by atoms with Crippen molar-refractivity contribution >= 4 is 16.5 Å². The van der Waals surface area contributed by atoms with Crippen molar-refractivity contribution in [2.45, 2.75) is 19.4 Å². The summed E-state index contributed by atoms with van der Waals surface area (Å²) in [5.74, 6) is 5.73. The molecule has 1 aromatic heterocycles.